The Kier molecular flexibility index (Phi) is 4.27. The maximum Gasteiger partial charge on any atom is 0.257 e. The zero-order valence-electron chi connectivity index (χ0n) is 11.4. The van der Waals surface area contributed by atoms with Crippen LogP contribution in [0, 0.1) is 0 Å². The van der Waals surface area contributed by atoms with Crippen molar-refractivity contribution in [3.05, 3.63) is 23.3 Å². The molecule has 1 aromatic carbocycles. The fourth-order valence-electron chi connectivity index (χ4n) is 2.22. The summed E-state index contributed by atoms with van der Waals surface area (Å²) < 4.78 is 10.5. The van der Waals surface area contributed by atoms with Crippen LogP contribution >= 0.6 is 0 Å². The van der Waals surface area contributed by atoms with Crippen molar-refractivity contribution < 1.29 is 14.3 Å². The van der Waals surface area contributed by atoms with Gasteiger partial charge in [0, 0.05) is 24.8 Å². The summed E-state index contributed by atoms with van der Waals surface area (Å²) in [6, 6.07) is 3.57. The number of rotatable bonds is 3. The molecule has 0 aliphatic carbocycles. The van der Waals surface area contributed by atoms with Gasteiger partial charge in [0.2, 0.25) is 0 Å². The number of carbonyl (C=O) groups is 1. The first kappa shape index (κ1) is 13.7. The van der Waals surface area contributed by atoms with Gasteiger partial charge in [-0.2, -0.15) is 0 Å². The minimum Gasteiger partial charge on any atom is -0.496 e. The van der Waals surface area contributed by atoms with Crippen molar-refractivity contribution >= 4 is 11.6 Å². The van der Waals surface area contributed by atoms with E-state index >= 15 is 0 Å². The van der Waals surface area contributed by atoms with Crippen LogP contribution in [0.5, 0.6) is 5.75 Å². The first-order valence-corrected chi connectivity index (χ1v) is 6.50. The topological polar surface area (TPSA) is 64.8 Å². The number of anilines is 1. The summed E-state index contributed by atoms with van der Waals surface area (Å²) in [6.07, 6.45) is 0.791. The molecule has 5 nitrogen and oxygen atoms in total. The molecule has 0 bridgehead atoms. The molecule has 104 valence electrons. The molecule has 0 saturated carbocycles. The molecule has 0 unspecified atom stereocenters. The predicted molar refractivity (Wildman–Crippen MR) is 73.5 cm³/mol. The number of amides is 1. The van der Waals surface area contributed by atoms with Crippen LogP contribution in [-0.4, -0.2) is 44.2 Å². The van der Waals surface area contributed by atoms with E-state index < -0.39 is 0 Å². The monoisotopic (exact) mass is 264 g/mol. The van der Waals surface area contributed by atoms with Crippen LogP contribution in [-0.2, 0) is 11.2 Å². The van der Waals surface area contributed by atoms with Gasteiger partial charge < -0.3 is 20.1 Å². The Labute approximate surface area is 113 Å². The average molecular weight is 264 g/mol. The van der Waals surface area contributed by atoms with Gasteiger partial charge in [-0.15, -0.1) is 0 Å². The summed E-state index contributed by atoms with van der Waals surface area (Å²) in [7, 11) is 1.55. The third-order valence-electron chi connectivity index (χ3n) is 3.37. The summed E-state index contributed by atoms with van der Waals surface area (Å²) in [5, 5.41) is 0. The second kappa shape index (κ2) is 5.93. The molecule has 1 aliphatic heterocycles. The van der Waals surface area contributed by atoms with Crippen molar-refractivity contribution in [2.24, 2.45) is 0 Å². The van der Waals surface area contributed by atoms with Crippen LogP contribution < -0.4 is 10.5 Å². The Bertz CT molecular complexity index is 468. The lowest BCUT2D eigenvalue weighted by Crippen LogP contribution is -2.40. The maximum absolute atomic E-state index is 12.5. The van der Waals surface area contributed by atoms with Gasteiger partial charge in [-0.05, 0) is 18.1 Å². The van der Waals surface area contributed by atoms with Gasteiger partial charge in [0.05, 0.1) is 25.9 Å². The standard InChI is InChI=1S/C14H20N2O3/c1-3-10-8-11(13(18-2)9-12(10)15)14(17)16-4-6-19-7-5-16/h8-9H,3-7,15H2,1-2H3. The number of aryl methyl sites for hydroxylation is 1. The molecule has 1 heterocycles. The van der Waals surface area contributed by atoms with Gasteiger partial charge >= 0.3 is 0 Å². The van der Waals surface area contributed by atoms with Gasteiger partial charge in [-0.25, -0.2) is 0 Å². The lowest BCUT2D eigenvalue weighted by Gasteiger charge is -2.27. The molecular formula is C14H20N2O3. The smallest absolute Gasteiger partial charge is 0.257 e. The highest BCUT2D eigenvalue weighted by Gasteiger charge is 2.22. The fraction of sp³-hybridized carbons (Fsp3) is 0.500. The third-order valence-corrected chi connectivity index (χ3v) is 3.37. The number of benzene rings is 1. The highest BCUT2D eigenvalue weighted by Crippen LogP contribution is 2.27. The average Bonchev–Trinajstić information content (AvgIpc) is 2.47. The molecule has 1 saturated heterocycles. The van der Waals surface area contributed by atoms with Crippen molar-refractivity contribution in [1.82, 2.24) is 4.90 Å². The van der Waals surface area contributed by atoms with Crippen molar-refractivity contribution in [3.63, 3.8) is 0 Å². The van der Waals surface area contributed by atoms with E-state index in [1.807, 2.05) is 13.0 Å². The van der Waals surface area contributed by atoms with E-state index in [0.29, 0.717) is 43.3 Å². The number of hydrogen-bond donors (Lipinski definition) is 1. The van der Waals surface area contributed by atoms with E-state index in [2.05, 4.69) is 0 Å². The largest absolute Gasteiger partial charge is 0.496 e. The summed E-state index contributed by atoms with van der Waals surface area (Å²) in [5.41, 5.74) is 8.14. The van der Waals surface area contributed by atoms with Gasteiger partial charge in [-0.3, -0.25) is 4.79 Å². The molecule has 1 aromatic rings. The molecule has 5 heteroatoms. The van der Waals surface area contributed by atoms with Crippen molar-refractivity contribution in [3.8, 4) is 5.75 Å². The Morgan fingerprint density at radius 1 is 1.42 bits per heavy atom. The van der Waals surface area contributed by atoms with E-state index in [1.54, 1.807) is 18.1 Å². The Morgan fingerprint density at radius 2 is 2.11 bits per heavy atom. The number of nitrogens with zero attached hydrogens (tertiary/aromatic N) is 1. The van der Waals surface area contributed by atoms with Gasteiger partial charge in [0.15, 0.2) is 0 Å². The first-order valence-electron chi connectivity index (χ1n) is 6.50. The highest BCUT2D eigenvalue weighted by atomic mass is 16.5. The van der Waals surface area contributed by atoms with E-state index in [-0.39, 0.29) is 5.91 Å². The molecular weight excluding hydrogens is 244 g/mol. The molecule has 2 N–H and O–H groups in total. The summed E-state index contributed by atoms with van der Waals surface area (Å²) >= 11 is 0. The summed E-state index contributed by atoms with van der Waals surface area (Å²) in [4.78, 5) is 14.3. The van der Waals surface area contributed by atoms with Crippen LogP contribution in [0.1, 0.15) is 22.8 Å². The zero-order valence-corrected chi connectivity index (χ0v) is 11.4. The normalized spacial score (nSPS) is 15.4. The molecule has 0 spiro atoms. The quantitative estimate of drug-likeness (QED) is 0.836. The first-order chi connectivity index (χ1) is 9.17. The number of hydrogen-bond acceptors (Lipinski definition) is 4. The summed E-state index contributed by atoms with van der Waals surface area (Å²) in [6.45, 7) is 4.43. The zero-order chi connectivity index (χ0) is 13.8. The van der Waals surface area contributed by atoms with Crippen LogP contribution in [0.4, 0.5) is 5.69 Å². The maximum atomic E-state index is 12.5. The third kappa shape index (κ3) is 2.81. The second-order valence-corrected chi connectivity index (χ2v) is 4.51. The predicted octanol–water partition coefficient (Wildman–Crippen LogP) is 1.31. The van der Waals surface area contributed by atoms with Crippen molar-refractivity contribution in [2.75, 3.05) is 39.1 Å². The SMILES string of the molecule is CCc1cc(C(=O)N2CCOCC2)c(OC)cc1N. The Hall–Kier alpha value is -1.75. The number of carbonyl (C=O) groups excluding carboxylic acids is 1. The molecule has 2 rings (SSSR count). The number of morpholine rings is 1. The van der Waals surface area contributed by atoms with E-state index in [9.17, 15) is 4.79 Å². The highest BCUT2D eigenvalue weighted by molar-refractivity contribution is 5.98. The lowest BCUT2D eigenvalue weighted by atomic mass is 10.0. The van der Waals surface area contributed by atoms with Crippen molar-refractivity contribution in [2.45, 2.75) is 13.3 Å². The van der Waals surface area contributed by atoms with Crippen LogP contribution in [0.15, 0.2) is 12.1 Å². The minimum atomic E-state index is -0.0187. The van der Waals surface area contributed by atoms with Gasteiger partial charge in [-0.1, -0.05) is 6.92 Å². The molecule has 19 heavy (non-hydrogen) atoms. The van der Waals surface area contributed by atoms with Gasteiger partial charge in [0.25, 0.3) is 5.91 Å². The van der Waals surface area contributed by atoms with Crippen LogP contribution in [0.25, 0.3) is 0 Å². The van der Waals surface area contributed by atoms with Crippen LogP contribution in [0.3, 0.4) is 0 Å². The molecule has 1 fully saturated rings. The van der Waals surface area contributed by atoms with E-state index in [0.717, 1.165) is 12.0 Å². The number of ether oxygens (including phenoxy) is 2. The second-order valence-electron chi connectivity index (χ2n) is 4.51. The van der Waals surface area contributed by atoms with Crippen LogP contribution in [0.2, 0.25) is 0 Å². The number of nitrogen functional groups attached to an aromatic ring is 1. The summed E-state index contributed by atoms with van der Waals surface area (Å²) in [5.74, 6) is 0.515. The number of methoxy groups -OCH3 is 1. The fourth-order valence-corrected chi connectivity index (χ4v) is 2.22. The molecule has 1 aliphatic rings. The lowest BCUT2D eigenvalue weighted by molar-refractivity contribution is 0.0301. The molecule has 0 aromatic heterocycles. The minimum absolute atomic E-state index is 0.0187. The number of nitrogens with two attached hydrogens (primary N) is 1. The molecule has 1 amide bonds. The van der Waals surface area contributed by atoms with Gasteiger partial charge in [0.1, 0.15) is 5.75 Å². The Balaban J connectivity index is 2.33. The van der Waals surface area contributed by atoms with E-state index in [4.69, 9.17) is 15.2 Å². The van der Waals surface area contributed by atoms with Crippen molar-refractivity contribution in [1.29, 1.82) is 0 Å². The molecule has 0 atom stereocenters. The Morgan fingerprint density at radius 3 is 2.68 bits per heavy atom. The molecule has 0 radical (unpaired) electrons. The van der Waals surface area contributed by atoms with E-state index in [1.165, 1.54) is 0 Å².